The van der Waals surface area contributed by atoms with Gasteiger partial charge in [0.1, 0.15) is 6.10 Å². The molecule has 0 radical (unpaired) electrons. The molecule has 92 valence electrons. The van der Waals surface area contributed by atoms with Gasteiger partial charge < -0.3 is 5.11 Å². The number of benzene rings is 2. The average Bonchev–Trinajstić information content (AvgIpc) is 2.73. The summed E-state index contributed by atoms with van der Waals surface area (Å²) in [6.45, 7) is 4.35. The van der Waals surface area contributed by atoms with Crippen molar-refractivity contribution in [3.05, 3.63) is 58.7 Å². The molecule has 18 heavy (non-hydrogen) atoms. The Bertz CT molecular complexity index is 545. The molecule has 0 atom stereocenters. The number of hydrogen-bond acceptors (Lipinski definition) is 1. The van der Waals surface area contributed by atoms with Crippen LogP contribution in [0.2, 0.25) is 0 Å². The maximum atomic E-state index is 10.5. The summed E-state index contributed by atoms with van der Waals surface area (Å²) >= 11 is 0. The molecule has 0 amide bonds. The van der Waals surface area contributed by atoms with Crippen molar-refractivity contribution >= 4 is 0 Å². The van der Waals surface area contributed by atoms with Crippen LogP contribution in [0.4, 0.5) is 0 Å². The van der Waals surface area contributed by atoms with Gasteiger partial charge in [0.05, 0.1) is 0 Å². The van der Waals surface area contributed by atoms with Crippen LogP contribution in [0.25, 0.3) is 11.1 Å². The van der Waals surface area contributed by atoms with Crippen LogP contribution in [0.3, 0.4) is 0 Å². The molecule has 0 aliphatic heterocycles. The highest BCUT2D eigenvalue weighted by Crippen LogP contribution is 2.46. The summed E-state index contributed by atoms with van der Waals surface area (Å²) in [6, 6.07) is 12.6. The summed E-state index contributed by atoms with van der Waals surface area (Å²) in [5.74, 6) is 0. The van der Waals surface area contributed by atoms with Gasteiger partial charge in [0, 0.05) is 0 Å². The lowest BCUT2D eigenvalue weighted by atomic mass is 9.93. The van der Waals surface area contributed by atoms with E-state index in [1.54, 1.807) is 0 Å². The molecule has 0 aromatic heterocycles. The van der Waals surface area contributed by atoms with E-state index in [2.05, 4.69) is 50.2 Å². The first-order valence-electron chi connectivity index (χ1n) is 6.69. The molecule has 3 rings (SSSR count). The number of fused-ring (bicyclic) bond motifs is 3. The zero-order chi connectivity index (χ0) is 12.7. The third kappa shape index (κ3) is 1.44. The first-order chi connectivity index (χ1) is 8.77. The highest BCUT2D eigenvalue weighted by atomic mass is 16.3. The van der Waals surface area contributed by atoms with Gasteiger partial charge in [-0.3, -0.25) is 0 Å². The molecule has 0 fully saturated rings. The molecule has 1 aliphatic rings. The van der Waals surface area contributed by atoms with Crippen LogP contribution in [0.5, 0.6) is 0 Å². The Morgan fingerprint density at radius 1 is 0.833 bits per heavy atom. The molecule has 0 saturated carbocycles. The van der Waals surface area contributed by atoms with Crippen LogP contribution in [0.15, 0.2) is 36.4 Å². The summed E-state index contributed by atoms with van der Waals surface area (Å²) in [5, 5.41) is 10.5. The second-order valence-corrected chi connectivity index (χ2v) is 4.87. The minimum Gasteiger partial charge on any atom is -0.384 e. The lowest BCUT2D eigenvalue weighted by molar-refractivity contribution is 0.225. The molecule has 0 spiro atoms. The lowest BCUT2D eigenvalue weighted by Crippen LogP contribution is -1.94. The van der Waals surface area contributed by atoms with Crippen LogP contribution in [-0.2, 0) is 12.8 Å². The molecule has 1 nitrogen and oxygen atoms in total. The highest BCUT2D eigenvalue weighted by molar-refractivity contribution is 5.83. The van der Waals surface area contributed by atoms with Gasteiger partial charge in [0.2, 0.25) is 0 Å². The quantitative estimate of drug-likeness (QED) is 0.842. The highest BCUT2D eigenvalue weighted by Gasteiger charge is 2.29. The fourth-order valence-corrected chi connectivity index (χ4v) is 3.06. The van der Waals surface area contributed by atoms with Crippen molar-refractivity contribution < 1.29 is 5.11 Å². The number of hydrogen-bond donors (Lipinski definition) is 1. The smallest absolute Gasteiger partial charge is 0.105 e. The van der Waals surface area contributed by atoms with Gasteiger partial charge in [0.15, 0.2) is 0 Å². The summed E-state index contributed by atoms with van der Waals surface area (Å²) < 4.78 is 0. The number of aryl methyl sites for hydroxylation is 2. The minimum absolute atomic E-state index is 0.451. The van der Waals surface area contributed by atoms with Crippen LogP contribution in [0.1, 0.15) is 42.2 Å². The Morgan fingerprint density at radius 2 is 1.28 bits per heavy atom. The molecule has 0 heterocycles. The maximum Gasteiger partial charge on any atom is 0.105 e. The molecule has 2 aromatic rings. The van der Waals surface area contributed by atoms with Crippen LogP contribution >= 0.6 is 0 Å². The van der Waals surface area contributed by atoms with Crippen molar-refractivity contribution in [2.45, 2.75) is 32.8 Å². The lowest BCUT2D eigenvalue weighted by Gasteiger charge is -2.10. The average molecular weight is 238 g/mol. The van der Waals surface area contributed by atoms with E-state index in [9.17, 15) is 5.11 Å². The SMILES string of the molecule is CCc1cccc2c1-c1c(CC)cccc1C2O. The first kappa shape index (κ1) is 11.5. The zero-order valence-corrected chi connectivity index (χ0v) is 10.9. The van der Waals surface area contributed by atoms with Gasteiger partial charge >= 0.3 is 0 Å². The third-order valence-electron chi connectivity index (χ3n) is 3.97. The fraction of sp³-hybridized carbons (Fsp3) is 0.294. The largest absolute Gasteiger partial charge is 0.384 e. The van der Waals surface area contributed by atoms with Gasteiger partial charge in [0.25, 0.3) is 0 Å². The van der Waals surface area contributed by atoms with E-state index in [1.807, 2.05) is 0 Å². The summed E-state index contributed by atoms with van der Waals surface area (Å²) in [6.07, 6.45) is 1.56. The maximum absolute atomic E-state index is 10.5. The fourth-order valence-electron chi connectivity index (χ4n) is 3.06. The monoisotopic (exact) mass is 238 g/mol. The Labute approximate surface area is 108 Å². The Hall–Kier alpha value is -1.60. The third-order valence-corrected chi connectivity index (χ3v) is 3.97. The van der Waals surface area contributed by atoms with Crippen molar-refractivity contribution in [1.82, 2.24) is 0 Å². The Balaban J connectivity index is 2.37. The minimum atomic E-state index is -0.451. The van der Waals surface area contributed by atoms with Gasteiger partial charge in [-0.2, -0.15) is 0 Å². The van der Waals surface area contributed by atoms with Crippen molar-refractivity contribution in [2.75, 3.05) is 0 Å². The second-order valence-electron chi connectivity index (χ2n) is 4.87. The van der Waals surface area contributed by atoms with Crippen molar-refractivity contribution in [1.29, 1.82) is 0 Å². The van der Waals surface area contributed by atoms with E-state index in [0.717, 1.165) is 24.0 Å². The molecular weight excluding hydrogens is 220 g/mol. The van der Waals surface area contributed by atoms with E-state index in [0.29, 0.717) is 0 Å². The van der Waals surface area contributed by atoms with E-state index in [4.69, 9.17) is 0 Å². The van der Waals surface area contributed by atoms with Gasteiger partial charge in [-0.25, -0.2) is 0 Å². The predicted molar refractivity (Wildman–Crippen MR) is 74.7 cm³/mol. The molecular formula is C17H18O. The first-order valence-corrected chi connectivity index (χ1v) is 6.69. The molecule has 1 N–H and O–H groups in total. The Morgan fingerprint density at radius 3 is 1.67 bits per heavy atom. The molecule has 0 unspecified atom stereocenters. The molecule has 1 heteroatoms. The van der Waals surface area contributed by atoms with Gasteiger partial charge in [-0.1, -0.05) is 50.2 Å². The van der Waals surface area contributed by atoms with Gasteiger partial charge in [-0.05, 0) is 46.2 Å². The zero-order valence-electron chi connectivity index (χ0n) is 10.9. The normalized spacial score (nSPS) is 13.5. The van der Waals surface area contributed by atoms with Crippen molar-refractivity contribution in [3.63, 3.8) is 0 Å². The standard InChI is InChI=1S/C17H18O/c1-3-11-7-5-9-13-15(11)16-12(4-2)8-6-10-14(16)17(13)18/h5-10,17-18H,3-4H2,1-2H3. The van der Waals surface area contributed by atoms with E-state index >= 15 is 0 Å². The molecule has 0 bridgehead atoms. The number of rotatable bonds is 2. The summed E-state index contributed by atoms with van der Waals surface area (Å²) in [4.78, 5) is 0. The molecule has 2 aromatic carbocycles. The summed E-state index contributed by atoms with van der Waals surface area (Å²) in [7, 11) is 0. The topological polar surface area (TPSA) is 20.2 Å². The van der Waals surface area contributed by atoms with Crippen molar-refractivity contribution in [2.24, 2.45) is 0 Å². The van der Waals surface area contributed by atoms with Crippen LogP contribution in [0, 0.1) is 0 Å². The molecule has 1 aliphatic carbocycles. The number of aliphatic hydroxyl groups is 1. The van der Waals surface area contributed by atoms with E-state index in [-0.39, 0.29) is 0 Å². The van der Waals surface area contributed by atoms with Crippen molar-refractivity contribution in [3.8, 4) is 11.1 Å². The van der Waals surface area contributed by atoms with Gasteiger partial charge in [-0.15, -0.1) is 0 Å². The van der Waals surface area contributed by atoms with Crippen LogP contribution in [-0.4, -0.2) is 5.11 Å². The van der Waals surface area contributed by atoms with E-state index in [1.165, 1.54) is 22.3 Å². The second kappa shape index (κ2) is 4.25. The molecule has 0 saturated heterocycles. The Kier molecular flexibility index (Phi) is 2.71. The predicted octanol–water partition coefficient (Wildman–Crippen LogP) is 3.87. The summed E-state index contributed by atoms with van der Waals surface area (Å²) in [5.41, 5.74) is 7.38. The van der Waals surface area contributed by atoms with E-state index < -0.39 is 6.10 Å². The van der Waals surface area contributed by atoms with Crippen LogP contribution < -0.4 is 0 Å². The number of aliphatic hydroxyl groups excluding tert-OH is 1.